The molecule has 1 aromatic heterocycles. The van der Waals surface area contributed by atoms with Crippen LogP contribution in [0.25, 0.3) is 0 Å². The summed E-state index contributed by atoms with van der Waals surface area (Å²) in [4.78, 5) is 41.9. The van der Waals surface area contributed by atoms with Gasteiger partial charge in [-0.15, -0.1) is 0 Å². The number of anilines is 1. The van der Waals surface area contributed by atoms with Crippen LogP contribution in [0, 0.1) is 0 Å². The molecular formula is C30H34BrN4O4+. The number of fused-ring (bicyclic) bond motifs is 1. The average molecular weight is 595 g/mol. The number of ether oxygens (including phenoxy) is 1. The van der Waals surface area contributed by atoms with Crippen LogP contribution < -0.4 is 14.8 Å². The number of nitrogens with zero attached hydrogens (tertiary/aromatic N) is 3. The number of hydrogen-bond donors (Lipinski definition) is 1. The predicted molar refractivity (Wildman–Crippen MR) is 152 cm³/mol. The van der Waals surface area contributed by atoms with Crippen molar-refractivity contribution in [2.45, 2.75) is 39.3 Å². The van der Waals surface area contributed by atoms with E-state index < -0.39 is 0 Å². The third-order valence-corrected chi connectivity index (χ3v) is 6.96. The lowest BCUT2D eigenvalue weighted by Crippen LogP contribution is -2.39. The van der Waals surface area contributed by atoms with Gasteiger partial charge < -0.3 is 19.9 Å². The van der Waals surface area contributed by atoms with Crippen LogP contribution >= 0.6 is 15.9 Å². The summed E-state index contributed by atoms with van der Waals surface area (Å²) in [7, 11) is 0. The summed E-state index contributed by atoms with van der Waals surface area (Å²) in [5.74, 6) is -0.404. The Morgan fingerprint density at radius 2 is 1.79 bits per heavy atom. The Hall–Kier alpha value is -3.72. The topological polar surface area (TPSA) is 82.8 Å². The van der Waals surface area contributed by atoms with Gasteiger partial charge in [-0.1, -0.05) is 49.4 Å². The van der Waals surface area contributed by atoms with Crippen LogP contribution in [-0.2, 0) is 29.0 Å². The second-order valence-electron chi connectivity index (χ2n) is 9.43. The molecule has 2 heterocycles. The van der Waals surface area contributed by atoms with Crippen molar-refractivity contribution in [2.24, 2.45) is 0 Å². The maximum Gasteiger partial charge on any atom is 0.410 e. The number of carbonyl (C=O) groups is 3. The largest absolute Gasteiger partial charge is 0.448 e. The fourth-order valence-corrected chi connectivity index (χ4v) is 5.10. The molecule has 0 unspecified atom stereocenters. The maximum atomic E-state index is 13.5. The molecule has 0 aliphatic carbocycles. The number of aryl methyl sites for hydroxylation is 1. The van der Waals surface area contributed by atoms with Gasteiger partial charge in [0.05, 0.1) is 11.0 Å². The van der Waals surface area contributed by atoms with E-state index in [1.807, 2.05) is 65.5 Å². The zero-order valence-electron chi connectivity index (χ0n) is 22.1. The molecule has 1 N–H and O–H groups in total. The SMILES string of the molecule is CCC[n+]1cc(Br)cc(C(=O)N(CCC(=O)NCCOC(=O)N2CCc3ccccc3C2)c2ccccc2)c1. The number of benzene rings is 2. The molecule has 1 aliphatic rings. The van der Waals surface area contributed by atoms with E-state index in [1.165, 1.54) is 5.56 Å². The van der Waals surface area contributed by atoms with E-state index in [2.05, 4.69) is 34.2 Å². The number of rotatable bonds is 10. The van der Waals surface area contributed by atoms with E-state index in [9.17, 15) is 14.4 Å². The predicted octanol–water partition coefficient (Wildman–Crippen LogP) is 4.49. The smallest absolute Gasteiger partial charge is 0.410 e. The van der Waals surface area contributed by atoms with Gasteiger partial charge in [-0.25, -0.2) is 9.36 Å². The molecule has 3 amide bonds. The van der Waals surface area contributed by atoms with Crippen LogP contribution in [0.15, 0.2) is 77.5 Å². The molecule has 0 spiro atoms. The van der Waals surface area contributed by atoms with Crippen molar-refractivity contribution in [1.29, 1.82) is 0 Å². The van der Waals surface area contributed by atoms with Gasteiger partial charge in [0.25, 0.3) is 5.91 Å². The monoisotopic (exact) mass is 593 g/mol. The number of amides is 3. The fraction of sp³-hybridized carbons (Fsp3) is 0.333. The Kier molecular flexibility index (Phi) is 10.1. The van der Waals surface area contributed by atoms with Crippen molar-refractivity contribution in [2.75, 3.05) is 31.1 Å². The molecule has 3 aromatic rings. The molecule has 8 nitrogen and oxygen atoms in total. The van der Waals surface area contributed by atoms with Gasteiger partial charge in [0, 0.05) is 38.2 Å². The standard InChI is InChI=1S/C30H33BrN4O4/c1-2-15-33-20-25(19-26(31)22-33)29(37)35(27-10-4-3-5-11-27)17-13-28(36)32-14-18-39-30(38)34-16-12-23-8-6-7-9-24(23)21-34/h3-11,19-20,22H,2,12-18,21H2,1H3/p+1. The second kappa shape index (κ2) is 13.9. The van der Waals surface area contributed by atoms with Gasteiger partial charge in [0.15, 0.2) is 12.4 Å². The normalized spacial score (nSPS) is 12.4. The Labute approximate surface area is 237 Å². The molecule has 9 heteroatoms. The van der Waals surface area contributed by atoms with E-state index in [1.54, 1.807) is 15.9 Å². The van der Waals surface area contributed by atoms with Gasteiger partial charge in [0.1, 0.15) is 18.7 Å². The molecule has 2 aromatic carbocycles. The Morgan fingerprint density at radius 1 is 1.05 bits per heavy atom. The molecule has 204 valence electrons. The highest BCUT2D eigenvalue weighted by molar-refractivity contribution is 9.10. The maximum absolute atomic E-state index is 13.5. The highest BCUT2D eigenvalue weighted by Gasteiger charge is 2.23. The number of nitrogens with one attached hydrogen (secondary N) is 1. The third kappa shape index (κ3) is 7.89. The molecule has 0 bridgehead atoms. The molecule has 0 radical (unpaired) electrons. The first-order valence-corrected chi connectivity index (χ1v) is 14.1. The minimum atomic E-state index is -0.381. The molecule has 39 heavy (non-hydrogen) atoms. The number of aromatic nitrogens is 1. The summed E-state index contributed by atoms with van der Waals surface area (Å²) in [6.45, 7) is 4.52. The minimum Gasteiger partial charge on any atom is -0.448 e. The van der Waals surface area contributed by atoms with Crippen molar-refractivity contribution < 1.29 is 23.7 Å². The third-order valence-electron chi connectivity index (χ3n) is 6.53. The van der Waals surface area contributed by atoms with Gasteiger partial charge in [-0.3, -0.25) is 9.59 Å². The zero-order valence-corrected chi connectivity index (χ0v) is 23.7. The van der Waals surface area contributed by atoms with E-state index in [4.69, 9.17) is 4.74 Å². The van der Waals surface area contributed by atoms with Crippen LogP contribution in [-0.4, -0.2) is 49.0 Å². The van der Waals surface area contributed by atoms with Crippen LogP contribution in [0.4, 0.5) is 10.5 Å². The van der Waals surface area contributed by atoms with Crippen LogP contribution in [0.5, 0.6) is 0 Å². The summed E-state index contributed by atoms with van der Waals surface area (Å²) >= 11 is 3.50. The van der Waals surface area contributed by atoms with Gasteiger partial charge in [-0.05, 0) is 51.7 Å². The Bertz CT molecular complexity index is 1300. The number of para-hydroxylation sites is 1. The lowest BCUT2D eigenvalue weighted by molar-refractivity contribution is -0.697. The highest BCUT2D eigenvalue weighted by Crippen LogP contribution is 2.20. The van der Waals surface area contributed by atoms with E-state index in [0.29, 0.717) is 24.3 Å². The highest BCUT2D eigenvalue weighted by atomic mass is 79.9. The fourth-order valence-electron chi connectivity index (χ4n) is 4.59. The quantitative estimate of drug-likeness (QED) is 0.277. The van der Waals surface area contributed by atoms with Crippen LogP contribution in [0.3, 0.4) is 0 Å². The van der Waals surface area contributed by atoms with E-state index in [-0.39, 0.29) is 44.0 Å². The molecule has 0 saturated heterocycles. The average Bonchev–Trinajstić information content (AvgIpc) is 2.95. The van der Waals surface area contributed by atoms with Gasteiger partial charge >= 0.3 is 6.09 Å². The Morgan fingerprint density at radius 3 is 2.56 bits per heavy atom. The van der Waals surface area contributed by atoms with Crippen LogP contribution in [0.1, 0.15) is 41.3 Å². The summed E-state index contributed by atoms with van der Waals surface area (Å²) in [5.41, 5.74) is 3.65. The van der Waals surface area contributed by atoms with Crippen molar-refractivity contribution in [3.63, 3.8) is 0 Å². The molecule has 0 fully saturated rings. The van der Waals surface area contributed by atoms with Gasteiger partial charge in [-0.2, -0.15) is 0 Å². The first-order valence-electron chi connectivity index (χ1n) is 13.3. The van der Waals surface area contributed by atoms with Crippen molar-refractivity contribution in [1.82, 2.24) is 10.2 Å². The molecule has 1 aliphatic heterocycles. The van der Waals surface area contributed by atoms with Gasteiger partial charge in [0.2, 0.25) is 5.91 Å². The minimum absolute atomic E-state index is 0.0829. The molecule has 0 saturated carbocycles. The second-order valence-corrected chi connectivity index (χ2v) is 10.3. The van der Waals surface area contributed by atoms with Crippen LogP contribution in [0.2, 0.25) is 0 Å². The lowest BCUT2D eigenvalue weighted by Gasteiger charge is -2.28. The number of pyridine rings is 1. The number of carbonyl (C=O) groups excluding carboxylic acids is 3. The van der Waals surface area contributed by atoms with Crippen molar-refractivity contribution in [3.8, 4) is 0 Å². The molecule has 0 atom stereocenters. The molecular weight excluding hydrogens is 560 g/mol. The Balaban J connectivity index is 1.28. The summed E-state index contributed by atoms with van der Waals surface area (Å²) < 4.78 is 8.18. The summed E-state index contributed by atoms with van der Waals surface area (Å²) in [6.07, 6.45) is 5.25. The number of halogens is 1. The van der Waals surface area contributed by atoms with E-state index in [0.717, 1.165) is 29.4 Å². The first-order chi connectivity index (χ1) is 18.9. The number of hydrogen-bond acceptors (Lipinski definition) is 4. The van der Waals surface area contributed by atoms with Crippen molar-refractivity contribution in [3.05, 3.63) is 94.2 Å². The summed E-state index contributed by atoms with van der Waals surface area (Å²) in [5, 5.41) is 2.79. The summed E-state index contributed by atoms with van der Waals surface area (Å²) in [6, 6.07) is 19.2. The molecule has 4 rings (SSSR count). The zero-order chi connectivity index (χ0) is 27.6. The van der Waals surface area contributed by atoms with E-state index >= 15 is 0 Å². The lowest BCUT2D eigenvalue weighted by atomic mass is 10.0. The first kappa shape index (κ1) is 28.3. The van der Waals surface area contributed by atoms with Crippen molar-refractivity contribution >= 4 is 39.5 Å².